The fourth-order valence-electron chi connectivity index (χ4n) is 2.75. The predicted molar refractivity (Wildman–Crippen MR) is 111 cm³/mol. The standard InChI is InChI=1S/C20H16FN5OS2/c21-15-5-3-14(4-6-15)16-11-28-19-18(16)20(25-13-24-19)29-12-17(27)26(9-1-7-22)10-2-8-23/h3-6,11,13H,1-2,9-10,12H2. The van der Waals surface area contributed by atoms with Crippen molar-refractivity contribution in [2.75, 3.05) is 18.8 Å². The molecule has 0 aliphatic heterocycles. The van der Waals surface area contributed by atoms with E-state index >= 15 is 0 Å². The second kappa shape index (κ2) is 9.97. The molecule has 3 aromatic rings. The van der Waals surface area contributed by atoms with E-state index in [0.717, 1.165) is 21.3 Å². The van der Waals surface area contributed by atoms with E-state index in [1.165, 1.54) is 46.5 Å². The van der Waals surface area contributed by atoms with E-state index in [-0.39, 0.29) is 30.3 Å². The Morgan fingerprint density at radius 3 is 2.48 bits per heavy atom. The van der Waals surface area contributed by atoms with Gasteiger partial charge in [-0.3, -0.25) is 4.79 Å². The van der Waals surface area contributed by atoms with E-state index < -0.39 is 0 Å². The summed E-state index contributed by atoms with van der Waals surface area (Å²) >= 11 is 2.76. The number of nitrogens with zero attached hydrogens (tertiary/aromatic N) is 5. The third kappa shape index (κ3) is 5.08. The number of thioether (sulfide) groups is 1. The van der Waals surface area contributed by atoms with Crippen molar-refractivity contribution in [2.45, 2.75) is 17.9 Å². The van der Waals surface area contributed by atoms with Gasteiger partial charge in [-0.1, -0.05) is 23.9 Å². The topological polar surface area (TPSA) is 93.7 Å². The first-order valence-corrected chi connectivity index (χ1v) is 10.6. The van der Waals surface area contributed by atoms with E-state index in [4.69, 9.17) is 10.5 Å². The molecule has 0 atom stereocenters. The number of carbonyl (C=O) groups is 1. The van der Waals surface area contributed by atoms with Gasteiger partial charge in [-0.25, -0.2) is 14.4 Å². The first kappa shape index (κ1) is 20.7. The van der Waals surface area contributed by atoms with Crippen LogP contribution in [0, 0.1) is 28.5 Å². The Morgan fingerprint density at radius 2 is 1.83 bits per heavy atom. The molecule has 0 aliphatic carbocycles. The molecule has 0 radical (unpaired) electrons. The van der Waals surface area contributed by atoms with E-state index in [1.807, 2.05) is 17.5 Å². The normalized spacial score (nSPS) is 10.4. The number of hydrogen-bond acceptors (Lipinski definition) is 7. The lowest BCUT2D eigenvalue weighted by atomic mass is 10.1. The molecule has 0 fully saturated rings. The highest BCUT2D eigenvalue weighted by Gasteiger charge is 2.17. The molecule has 3 rings (SSSR count). The highest BCUT2D eigenvalue weighted by Crippen LogP contribution is 2.37. The average molecular weight is 426 g/mol. The van der Waals surface area contributed by atoms with Crippen LogP contribution in [0.3, 0.4) is 0 Å². The summed E-state index contributed by atoms with van der Waals surface area (Å²) in [4.78, 5) is 23.6. The Labute approximate surface area is 175 Å². The Balaban J connectivity index is 1.82. The molecular formula is C20H16FN5OS2. The summed E-state index contributed by atoms with van der Waals surface area (Å²) < 4.78 is 13.3. The van der Waals surface area contributed by atoms with Crippen LogP contribution in [0.15, 0.2) is 41.0 Å². The maximum Gasteiger partial charge on any atom is 0.233 e. The predicted octanol–water partition coefficient (Wildman–Crippen LogP) is 4.25. The minimum absolute atomic E-state index is 0.141. The Kier molecular flexibility index (Phi) is 7.12. The molecule has 0 unspecified atom stereocenters. The van der Waals surface area contributed by atoms with Crippen LogP contribution in [0.5, 0.6) is 0 Å². The summed E-state index contributed by atoms with van der Waals surface area (Å²) in [5.41, 5.74) is 1.75. The van der Waals surface area contributed by atoms with Gasteiger partial charge in [0, 0.05) is 24.0 Å². The largest absolute Gasteiger partial charge is 0.340 e. The van der Waals surface area contributed by atoms with Crippen LogP contribution in [0.25, 0.3) is 21.3 Å². The molecule has 0 N–H and O–H groups in total. The van der Waals surface area contributed by atoms with Crippen LogP contribution in [0.4, 0.5) is 4.39 Å². The monoisotopic (exact) mass is 425 g/mol. The summed E-state index contributed by atoms with van der Waals surface area (Å²) in [6.45, 7) is 0.603. The van der Waals surface area contributed by atoms with Crippen LogP contribution < -0.4 is 0 Å². The maximum absolute atomic E-state index is 13.3. The fourth-order valence-corrected chi connectivity index (χ4v) is 4.65. The second-order valence-corrected chi connectivity index (χ2v) is 7.82. The maximum atomic E-state index is 13.3. The smallest absolute Gasteiger partial charge is 0.233 e. The van der Waals surface area contributed by atoms with Crippen LogP contribution in [-0.4, -0.2) is 39.6 Å². The third-order valence-corrected chi connectivity index (χ3v) is 6.02. The highest BCUT2D eigenvalue weighted by molar-refractivity contribution is 8.00. The Bertz CT molecular complexity index is 1070. The molecule has 0 spiro atoms. The number of rotatable bonds is 8. The molecule has 1 aromatic carbocycles. The number of benzene rings is 1. The van der Waals surface area contributed by atoms with E-state index in [9.17, 15) is 9.18 Å². The number of thiophene rings is 1. The lowest BCUT2D eigenvalue weighted by molar-refractivity contribution is -0.128. The van der Waals surface area contributed by atoms with Gasteiger partial charge in [0.05, 0.1) is 36.1 Å². The van der Waals surface area contributed by atoms with E-state index in [2.05, 4.69) is 9.97 Å². The van der Waals surface area contributed by atoms with E-state index in [1.54, 1.807) is 12.1 Å². The number of fused-ring (bicyclic) bond motifs is 1. The molecule has 0 aliphatic rings. The molecule has 1 amide bonds. The molecule has 2 aromatic heterocycles. The third-order valence-electron chi connectivity index (χ3n) is 4.16. The zero-order chi connectivity index (χ0) is 20.6. The lowest BCUT2D eigenvalue weighted by Gasteiger charge is -2.20. The van der Waals surface area contributed by atoms with Crippen LogP contribution in [-0.2, 0) is 4.79 Å². The number of hydrogen-bond donors (Lipinski definition) is 0. The minimum Gasteiger partial charge on any atom is -0.340 e. The van der Waals surface area contributed by atoms with E-state index in [0.29, 0.717) is 18.1 Å². The Morgan fingerprint density at radius 1 is 1.14 bits per heavy atom. The van der Waals surface area contributed by atoms with Crippen molar-refractivity contribution >= 4 is 39.2 Å². The van der Waals surface area contributed by atoms with Gasteiger partial charge in [-0.2, -0.15) is 10.5 Å². The molecule has 2 heterocycles. The van der Waals surface area contributed by atoms with Crippen LogP contribution in [0.1, 0.15) is 12.8 Å². The van der Waals surface area contributed by atoms with Gasteiger partial charge in [-0.15, -0.1) is 11.3 Å². The summed E-state index contributed by atoms with van der Waals surface area (Å²) in [5.74, 6) is -0.313. The molecule has 9 heteroatoms. The zero-order valence-corrected chi connectivity index (χ0v) is 17.0. The number of halogens is 1. The number of nitriles is 2. The van der Waals surface area contributed by atoms with Gasteiger partial charge in [0.15, 0.2) is 0 Å². The van der Waals surface area contributed by atoms with Gasteiger partial charge in [-0.05, 0) is 17.7 Å². The van der Waals surface area contributed by atoms with Crippen molar-refractivity contribution < 1.29 is 9.18 Å². The first-order valence-electron chi connectivity index (χ1n) is 8.76. The molecule has 29 heavy (non-hydrogen) atoms. The number of amides is 1. The van der Waals surface area contributed by atoms with Gasteiger partial charge >= 0.3 is 0 Å². The molecule has 6 nitrogen and oxygen atoms in total. The molecule has 146 valence electrons. The van der Waals surface area contributed by atoms with Gasteiger partial charge in [0.1, 0.15) is 22.0 Å². The molecule has 0 saturated heterocycles. The number of carbonyl (C=O) groups excluding carboxylic acids is 1. The fraction of sp³-hybridized carbons (Fsp3) is 0.250. The van der Waals surface area contributed by atoms with Crippen LogP contribution >= 0.6 is 23.1 Å². The van der Waals surface area contributed by atoms with Crippen molar-refractivity contribution in [1.29, 1.82) is 10.5 Å². The molecule has 0 bridgehead atoms. The van der Waals surface area contributed by atoms with Gasteiger partial charge in [0.2, 0.25) is 5.91 Å². The Hall–Kier alpha value is -3.01. The number of aromatic nitrogens is 2. The minimum atomic E-state index is -0.306. The van der Waals surface area contributed by atoms with Crippen LogP contribution in [0.2, 0.25) is 0 Å². The van der Waals surface area contributed by atoms with Gasteiger partial charge < -0.3 is 4.90 Å². The van der Waals surface area contributed by atoms with Crippen molar-refractivity contribution in [2.24, 2.45) is 0 Å². The SMILES string of the molecule is N#CCCN(CCC#N)C(=O)CSc1ncnc2scc(-c3ccc(F)cc3)c12. The summed E-state index contributed by atoms with van der Waals surface area (Å²) in [5, 5.41) is 21.0. The van der Waals surface area contributed by atoms with Gasteiger partial charge in [0.25, 0.3) is 0 Å². The van der Waals surface area contributed by atoms with Crippen molar-refractivity contribution in [3.8, 4) is 23.3 Å². The first-order chi connectivity index (χ1) is 14.1. The molecular weight excluding hydrogens is 409 g/mol. The lowest BCUT2D eigenvalue weighted by Crippen LogP contribution is -2.34. The van der Waals surface area contributed by atoms with Crippen molar-refractivity contribution in [3.05, 3.63) is 41.8 Å². The average Bonchev–Trinajstić information content (AvgIpc) is 3.17. The highest BCUT2D eigenvalue weighted by atomic mass is 32.2. The van der Waals surface area contributed by atoms with Crippen molar-refractivity contribution in [3.63, 3.8) is 0 Å². The van der Waals surface area contributed by atoms with Crippen molar-refractivity contribution in [1.82, 2.24) is 14.9 Å². The zero-order valence-electron chi connectivity index (χ0n) is 15.3. The second-order valence-electron chi connectivity index (χ2n) is 6.00. The summed E-state index contributed by atoms with van der Waals surface area (Å²) in [6.07, 6.45) is 1.90. The quantitative estimate of drug-likeness (QED) is 0.396. The summed E-state index contributed by atoms with van der Waals surface area (Å²) in [7, 11) is 0. The summed E-state index contributed by atoms with van der Waals surface area (Å²) in [6, 6.07) is 10.3. The molecule has 0 saturated carbocycles.